The lowest BCUT2D eigenvalue weighted by Crippen LogP contribution is -2.38. The second kappa shape index (κ2) is 8.74. The van der Waals surface area contributed by atoms with Crippen LogP contribution in [0.4, 0.5) is 5.69 Å². The van der Waals surface area contributed by atoms with Crippen LogP contribution in [0.2, 0.25) is 0 Å². The SMILES string of the molecule is CC1CCN([C@H](c2ccc(N(C)C)cc2)c2nnnn2Cc2ccccc2)CC1. The van der Waals surface area contributed by atoms with Crippen LogP contribution in [0.3, 0.4) is 0 Å². The number of hydrogen-bond donors (Lipinski definition) is 0. The highest BCUT2D eigenvalue weighted by atomic mass is 15.5. The summed E-state index contributed by atoms with van der Waals surface area (Å²) in [7, 11) is 4.14. The molecule has 1 saturated heterocycles. The van der Waals surface area contributed by atoms with Gasteiger partial charge in [-0.2, -0.15) is 0 Å². The van der Waals surface area contributed by atoms with Crippen LogP contribution in [0.25, 0.3) is 0 Å². The minimum Gasteiger partial charge on any atom is -0.378 e. The van der Waals surface area contributed by atoms with Crippen LogP contribution in [-0.2, 0) is 6.54 Å². The van der Waals surface area contributed by atoms with E-state index in [0.717, 1.165) is 24.8 Å². The number of hydrogen-bond acceptors (Lipinski definition) is 5. The van der Waals surface area contributed by atoms with E-state index in [1.165, 1.54) is 29.7 Å². The summed E-state index contributed by atoms with van der Waals surface area (Å²) in [6.07, 6.45) is 2.43. The molecule has 4 rings (SSSR count). The fourth-order valence-corrected chi connectivity index (χ4v) is 4.04. The van der Waals surface area contributed by atoms with Crippen molar-refractivity contribution in [3.8, 4) is 0 Å². The van der Waals surface area contributed by atoms with Crippen LogP contribution < -0.4 is 4.90 Å². The maximum atomic E-state index is 4.49. The normalized spacial score (nSPS) is 16.7. The van der Waals surface area contributed by atoms with Gasteiger partial charge < -0.3 is 4.90 Å². The molecular formula is C23H30N6. The molecule has 1 fully saturated rings. The van der Waals surface area contributed by atoms with Crippen LogP contribution in [-0.4, -0.2) is 52.3 Å². The first-order valence-electron chi connectivity index (χ1n) is 10.4. The van der Waals surface area contributed by atoms with Crippen LogP contribution in [0.5, 0.6) is 0 Å². The Morgan fingerprint density at radius 3 is 2.34 bits per heavy atom. The van der Waals surface area contributed by atoms with E-state index in [4.69, 9.17) is 0 Å². The number of tetrazole rings is 1. The number of rotatable bonds is 6. The molecule has 152 valence electrons. The molecule has 0 aliphatic carbocycles. The molecule has 0 amide bonds. The molecule has 0 radical (unpaired) electrons. The Bertz CT molecular complexity index is 895. The minimum atomic E-state index is 0.0671. The molecular weight excluding hydrogens is 360 g/mol. The third-order valence-corrected chi connectivity index (χ3v) is 5.89. The Morgan fingerprint density at radius 1 is 1.00 bits per heavy atom. The standard InChI is InChI=1S/C23H30N6/c1-18-13-15-28(16-14-18)22(20-9-11-21(12-10-20)27(2)3)23-24-25-26-29(23)17-19-7-5-4-6-8-19/h4-12,18,22H,13-17H2,1-3H3/t22-/m1/s1. The predicted molar refractivity (Wildman–Crippen MR) is 116 cm³/mol. The smallest absolute Gasteiger partial charge is 0.173 e. The van der Waals surface area contributed by atoms with Gasteiger partial charge in [0.2, 0.25) is 0 Å². The van der Waals surface area contributed by atoms with Gasteiger partial charge in [0.15, 0.2) is 5.82 Å². The van der Waals surface area contributed by atoms with Crippen LogP contribution in [0, 0.1) is 5.92 Å². The number of benzene rings is 2. The van der Waals surface area contributed by atoms with Crippen molar-refractivity contribution in [3.63, 3.8) is 0 Å². The van der Waals surface area contributed by atoms with Crippen LogP contribution >= 0.6 is 0 Å². The molecule has 1 aromatic heterocycles. The summed E-state index contributed by atoms with van der Waals surface area (Å²) in [5.41, 5.74) is 3.65. The fourth-order valence-electron chi connectivity index (χ4n) is 4.04. The fraction of sp³-hybridized carbons (Fsp3) is 0.435. The van der Waals surface area contributed by atoms with Crippen molar-refractivity contribution in [2.24, 2.45) is 5.92 Å². The number of piperidine rings is 1. The van der Waals surface area contributed by atoms with E-state index in [0.29, 0.717) is 6.54 Å². The molecule has 0 saturated carbocycles. The van der Waals surface area contributed by atoms with E-state index >= 15 is 0 Å². The lowest BCUT2D eigenvalue weighted by Gasteiger charge is -2.36. The Hall–Kier alpha value is -2.73. The van der Waals surface area contributed by atoms with Crippen molar-refractivity contribution >= 4 is 5.69 Å². The van der Waals surface area contributed by atoms with E-state index in [-0.39, 0.29) is 6.04 Å². The van der Waals surface area contributed by atoms with Gasteiger partial charge in [0.1, 0.15) is 0 Å². The molecule has 0 N–H and O–H groups in total. The number of aromatic nitrogens is 4. The van der Waals surface area contributed by atoms with Gasteiger partial charge in [-0.1, -0.05) is 49.4 Å². The summed E-state index contributed by atoms with van der Waals surface area (Å²) < 4.78 is 1.96. The molecule has 1 aliphatic rings. The predicted octanol–water partition coefficient (Wildman–Crippen LogP) is 3.61. The Kier molecular flexibility index (Phi) is 5.90. The Morgan fingerprint density at radius 2 is 1.69 bits per heavy atom. The maximum Gasteiger partial charge on any atom is 0.173 e. The van der Waals surface area contributed by atoms with E-state index in [1.54, 1.807) is 0 Å². The van der Waals surface area contributed by atoms with Crippen LogP contribution in [0.1, 0.15) is 42.8 Å². The molecule has 0 bridgehead atoms. The number of likely N-dealkylation sites (tertiary alicyclic amines) is 1. The van der Waals surface area contributed by atoms with E-state index < -0.39 is 0 Å². The molecule has 1 aliphatic heterocycles. The zero-order valence-electron chi connectivity index (χ0n) is 17.6. The first-order valence-corrected chi connectivity index (χ1v) is 10.4. The third-order valence-electron chi connectivity index (χ3n) is 5.89. The van der Waals surface area contributed by atoms with E-state index in [9.17, 15) is 0 Å². The van der Waals surface area contributed by atoms with Crippen molar-refractivity contribution in [2.75, 3.05) is 32.1 Å². The highest BCUT2D eigenvalue weighted by Crippen LogP contribution is 2.32. The van der Waals surface area contributed by atoms with Gasteiger partial charge in [0.05, 0.1) is 12.6 Å². The van der Waals surface area contributed by atoms with Gasteiger partial charge in [0.25, 0.3) is 0 Å². The second-order valence-electron chi connectivity index (χ2n) is 8.29. The number of anilines is 1. The monoisotopic (exact) mass is 390 g/mol. The lowest BCUT2D eigenvalue weighted by molar-refractivity contribution is 0.150. The van der Waals surface area contributed by atoms with Gasteiger partial charge in [-0.25, -0.2) is 4.68 Å². The molecule has 3 aromatic rings. The summed E-state index contributed by atoms with van der Waals surface area (Å²) in [6, 6.07) is 19.3. The third kappa shape index (κ3) is 4.48. The zero-order valence-corrected chi connectivity index (χ0v) is 17.6. The maximum absolute atomic E-state index is 4.49. The molecule has 2 aromatic carbocycles. The van der Waals surface area contributed by atoms with Crippen molar-refractivity contribution in [2.45, 2.75) is 32.4 Å². The largest absolute Gasteiger partial charge is 0.378 e. The molecule has 0 unspecified atom stereocenters. The molecule has 6 nitrogen and oxygen atoms in total. The van der Waals surface area contributed by atoms with E-state index in [2.05, 4.69) is 94.9 Å². The highest BCUT2D eigenvalue weighted by molar-refractivity contribution is 5.47. The summed E-state index contributed by atoms with van der Waals surface area (Å²) >= 11 is 0. The second-order valence-corrected chi connectivity index (χ2v) is 8.29. The molecule has 1 atom stereocenters. The Labute approximate surface area is 173 Å². The Balaban J connectivity index is 1.68. The molecule has 0 spiro atoms. The molecule has 2 heterocycles. The van der Waals surface area contributed by atoms with Crippen molar-refractivity contribution in [1.29, 1.82) is 0 Å². The lowest BCUT2D eigenvalue weighted by atomic mass is 9.95. The average Bonchev–Trinajstić information content (AvgIpc) is 3.18. The van der Waals surface area contributed by atoms with Crippen molar-refractivity contribution in [3.05, 3.63) is 71.5 Å². The molecule has 29 heavy (non-hydrogen) atoms. The average molecular weight is 391 g/mol. The van der Waals surface area contributed by atoms with Crippen LogP contribution in [0.15, 0.2) is 54.6 Å². The minimum absolute atomic E-state index is 0.0671. The van der Waals surface area contributed by atoms with Gasteiger partial charge in [-0.3, -0.25) is 4.90 Å². The van der Waals surface area contributed by atoms with Gasteiger partial charge >= 0.3 is 0 Å². The highest BCUT2D eigenvalue weighted by Gasteiger charge is 2.30. The summed E-state index contributed by atoms with van der Waals surface area (Å²) in [5.74, 6) is 1.70. The van der Waals surface area contributed by atoms with Gasteiger partial charge in [-0.15, -0.1) is 5.10 Å². The van der Waals surface area contributed by atoms with Gasteiger partial charge in [0, 0.05) is 19.8 Å². The van der Waals surface area contributed by atoms with E-state index in [1.807, 2.05) is 10.7 Å². The summed E-state index contributed by atoms with van der Waals surface area (Å²) in [4.78, 5) is 4.67. The first kappa shape index (κ1) is 19.6. The first-order chi connectivity index (χ1) is 14.1. The van der Waals surface area contributed by atoms with Crippen molar-refractivity contribution in [1.82, 2.24) is 25.1 Å². The quantitative estimate of drug-likeness (QED) is 0.644. The zero-order chi connectivity index (χ0) is 20.2. The summed E-state index contributed by atoms with van der Waals surface area (Å²) in [6.45, 7) is 5.16. The van der Waals surface area contributed by atoms with Crippen molar-refractivity contribution < 1.29 is 0 Å². The topological polar surface area (TPSA) is 50.1 Å². The number of nitrogens with zero attached hydrogens (tertiary/aromatic N) is 6. The summed E-state index contributed by atoms with van der Waals surface area (Å²) in [5, 5.41) is 12.9. The molecule has 6 heteroatoms. The van der Waals surface area contributed by atoms with Gasteiger partial charge in [-0.05, 0) is 65.5 Å².